The number of likely N-dealkylation sites (tertiary alicyclic amines) is 1. The molecule has 1 aromatic rings. The Morgan fingerprint density at radius 1 is 1.32 bits per heavy atom. The van der Waals surface area contributed by atoms with Crippen LogP contribution in [0.3, 0.4) is 0 Å². The molecular formula is C22H29ClN2O6. The fourth-order valence-electron chi connectivity index (χ4n) is 4.32. The molecule has 1 aromatic carbocycles. The number of esters is 1. The van der Waals surface area contributed by atoms with Crippen LogP contribution in [0.5, 0.6) is 0 Å². The first-order valence-electron chi connectivity index (χ1n) is 10.1. The number of nitro groups is 1. The van der Waals surface area contributed by atoms with Crippen LogP contribution in [-0.2, 0) is 14.3 Å². The van der Waals surface area contributed by atoms with Crippen LogP contribution < -0.4 is 0 Å². The third-order valence-corrected chi connectivity index (χ3v) is 5.98. The standard InChI is InChI=1S/C22H29ClN2O6/c1-7-12-31-21(27)24-17(14-10-9-11-15(23)13(14)3)18(25(28)29)16(22(4,5)6)19(24)20(26)30-8-2/h7,9-11,16-19H,1,8,12H2,2-6H3/t16-,17-,18-,19-/m0/s1. The van der Waals surface area contributed by atoms with Crippen molar-refractivity contribution in [3.05, 3.63) is 57.1 Å². The maximum atomic E-state index is 13.1. The zero-order valence-corrected chi connectivity index (χ0v) is 19.2. The van der Waals surface area contributed by atoms with Gasteiger partial charge in [-0.15, -0.1) is 0 Å². The normalized spacial score (nSPS) is 23.4. The molecular weight excluding hydrogens is 424 g/mol. The molecule has 9 heteroatoms. The van der Waals surface area contributed by atoms with Crippen molar-refractivity contribution in [3.63, 3.8) is 0 Å². The van der Waals surface area contributed by atoms with Gasteiger partial charge in [-0.05, 0) is 36.5 Å². The van der Waals surface area contributed by atoms with Crippen molar-refractivity contribution in [1.82, 2.24) is 4.90 Å². The van der Waals surface area contributed by atoms with Crippen molar-refractivity contribution in [2.24, 2.45) is 11.3 Å². The van der Waals surface area contributed by atoms with E-state index in [0.717, 1.165) is 4.90 Å². The van der Waals surface area contributed by atoms with E-state index in [1.54, 1.807) is 52.8 Å². The van der Waals surface area contributed by atoms with Gasteiger partial charge in [0.1, 0.15) is 18.7 Å². The molecule has 1 aliphatic rings. The molecule has 170 valence electrons. The topological polar surface area (TPSA) is 99.0 Å². The molecule has 0 saturated carbocycles. The third-order valence-electron chi connectivity index (χ3n) is 5.57. The van der Waals surface area contributed by atoms with Gasteiger partial charge in [0, 0.05) is 9.95 Å². The van der Waals surface area contributed by atoms with Crippen LogP contribution in [0.25, 0.3) is 0 Å². The Hall–Kier alpha value is -2.61. The fourth-order valence-corrected chi connectivity index (χ4v) is 4.51. The molecule has 2 rings (SSSR count). The molecule has 0 bridgehead atoms. The minimum atomic E-state index is -1.28. The van der Waals surface area contributed by atoms with Gasteiger partial charge in [0.25, 0.3) is 0 Å². The van der Waals surface area contributed by atoms with E-state index in [9.17, 15) is 19.7 Å². The average Bonchev–Trinajstić information content (AvgIpc) is 3.05. The Bertz CT molecular complexity index is 866. The van der Waals surface area contributed by atoms with Gasteiger partial charge in [-0.1, -0.05) is 57.2 Å². The quantitative estimate of drug-likeness (QED) is 0.271. The molecule has 0 aromatic heterocycles. The van der Waals surface area contributed by atoms with Crippen LogP contribution in [0.15, 0.2) is 30.9 Å². The molecule has 1 saturated heterocycles. The number of ether oxygens (including phenoxy) is 2. The summed E-state index contributed by atoms with van der Waals surface area (Å²) in [5.74, 6) is -1.53. The summed E-state index contributed by atoms with van der Waals surface area (Å²) in [5.41, 5.74) is 0.387. The lowest BCUT2D eigenvalue weighted by Gasteiger charge is -2.32. The summed E-state index contributed by atoms with van der Waals surface area (Å²) in [7, 11) is 0. The first-order chi connectivity index (χ1) is 14.5. The monoisotopic (exact) mass is 452 g/mol. The molecule has 1 amide bonds. The van der Waals surface area contributed by atoms with E-state index < -0.39 is 46.4 Å². The number of amides is 1. The van der Waals surface area contributed by atoms with Crippen LogP contribution in [0.2, 0.25) is 5.02 Å². The highest BCUT2D eigenvalue weighted by Crippen LogP contribution is 2.50. The van der Waals surface area contributed by atoms with Crippen molar-refractivity contribution >= 4 is 23.7 Å². The summed E-state index contributed by atoms with van der Waals surface area (Å²) in [6.07, 6.45) is 0.542. The fraction of sp³-hybridized carbons (Fsp3) is 0.545. The van der Waals surface area contributed by atoms with Gasteiger partial charge < -0.3 is 9.47 Å². The highest BCUT2D eigenvalue weighted by molar-refractivity contribution is 6.31. The summed E-state index contributed by atoms with van der Waals surface area (Å²) in [4.78, 5) is 39.3. The maximum absolute atomic E-state index is 13.1. The Balaban J connectivity index is 2.81. The third kappa shape index (κ3) is 4.84. The van der Waals surface area contributed by atoms with Crippen molar-refractivity contribution in [2.75, 3.05) is 13.2 Å². The number of hydrogen-bond donors (Lipinski definition) is 0. The molecule has 0 N–H and O–H groups in total. The van der Waals surface area contributed by atoms with E-state index in [1.165, 1.54) is 6.08 Å². The second kappa shape index (κ2) is 9.68. The average molecular weight is 453 g/mol. The predicted octanol–water partition coefficient (Wildman–Crippen LogP) is 4.57. The molecule has 0 spiro atoms. The predicted molar refractivity (Wildman–Crippen MR) is 116 cm³/mol. The van der Waals surface area contributed by atoms with Crippen LogP contribution in [0, 0.1) is 28.4 Å². The Labute approximate surface area is 187 Å². The largest absolute Gasteiger partial charge is 0.464 e. The van der Waals surface area contributed by atoms with Crippen molar-refractivity contribution in [3.8, 4) is 0 Å². The molecule has 0 radical (unpaired) electrons. The van der Waals surface area contributed by atoms with E-state index >= 15 is 0 Å². The van der Waals surface area contributed by atoms with E-state index in [1.807, 2.05) is 0 Å². The van der Waals surface area contributed by atoms with Crippen molar-refractivity contribution in [1.29, 1.82) is 0 Å². The molecule has 1 heterocycles. The first kappa shape index (κ1) is 24.7. The van der Waals surface area contributed by atoms with Crippen molar-refractivity contribution < 1.29 is 24.0 Å². The van der Waals surface area contributed by atoms with Crippen LogP contribution in [-0.4, -0.2) is 47.2 Å². The highest BCUT2D eigenvalue weighted by Gasteiger charge is 2.64. The number of carbonyl (C=O) groups excluding carboxylic acids is 2. The molecule has 1 aliphatic heterocycles. The summed E-state index contributed by atoms with van der Waals surface area (Å²) < 4.78 is 10.5. The maximum Gasteiger partial charge on any atom is 0.411 e. The lowest BCUT2D eigenvalue weighted by Crippen LogP contribution is -2.48. The number of halogens is 1. The molecule has 31 heavy (non-hydrogen) atoms. The zero-order valence-electron chi connectivity index (χ0n) is 18.5. The zero-order chi connectivity index (χ0) is 23.5. The van der Waals surface area contributed by atoms with Gasteiger partial charge in [0.2, 0.25) is 6.04 Å². The van der Waals surface area contributed by atoms with E-state index in [2.05, 4.69) is 6.58 Å². The van der Waals surface area contributed by atoms with Gasteiger partial charge in [-0.2, -0.15) is 0 Å². The molecule has 0 unspecified atom stereocenters. The Morgan fingerprint density at radius 2 is 1.97 bits per heavy atom. The van der Waals surface area contributed by atoms with Gasteiger partial charge in [0.15, 0.2) is 0 Å². The second-order valence-corrected chi connectivity index (χ2v) is 8.94. The van der Waals surface area contributed by atoms with Crippen LogP contribution in [0.1, 0.15) is 44.9 Å². The number of nitrogens with zero attached hydrogens (tertiary/aromatic N) is 2. The number of rotatable bonds is 6. The summed E-state index contributed by atoms with van der Waals surface area (Å²) in [6.45, 7) is 12.3. The Morgan fingerprint density at radius 3 is 2.48 bits per heavy atom. The summed E-state index contributed by atoms with van der Waals surface area (Å²) in [5, 5.41) is 12.8. The van der Waals surface area contributed by atoms with Gasteiger partial charge in [-0.3, -0.25) is 15.0 Å². The molecule has 0 aliphatic carbocycles. The lowest BCUT2D eigenvalue weighted by molar-refractivity contribution is -0.536. The van der Waals surface area contributed by atoms with E-state index in [4.69, 9.17) is 21.1 Å². The minimum absolute atomic E-state index is 0.0751. The number of hydrogen-bond acceptors (Lipinski definition) is 6. The number of benzene rings is 1. The van der Waals surface area contributed by atoms with Gasteiger partial charge >= 0.3 is 12.1 Å². The van der Waals surface area contributed by atoms with Crippen LogP contribution >= 0.6 is 11.6 Å². The second-order valence-electron chi connectivity index (χ2n) is 8.54. The van der Waals surface area contributed by atoms with Gasteiger partial charge in [-0.25, -0.2) is 9.59 Å². The smallest absolute Gasteiger partial charge is 0.411 e. The minimum Gasteiger partial charge on any atom is -0.464 e. The highest BCUT2D eigenvalue weighted by atomic mass is 35.5. The van der Waals surface area contributed by atoms with Crippen LogP contribution in [0.4, 0.5) is 4.79 Å². The van der Waals surface area contributed by atoms with Gasteiger partial charge in [0.05, 0.1) is 12.5 Å². The van der Waals surface area contributed by atoms with E-state index in [-0.39, 0.29) is 13.2 Å². The first-order valence-corrected chi connectivity index (χ1v) is 10.5. The number of carbonyl (C=O) groups is 2. The molecule has 8 nitrogen and oxygen atoms in total. The summed E-state index contributed by atoms with van der Waals surface area (Å²) >= 11 is 6.30. The summed E-state index contributed by atoms with van der Waals surface area (Å²) in [6, 6.07) is 1.48. The Kier molecular flexibility index (Phi) is 7.70. The SMILES string of the molecule is C=CCOC(=O)N1[C@H](C(=O)OCC)[C@@H](C(C)(C)C)[C@H]([N+](=O)[O-])[C@@H]1c1cccc(Cl)c1C. The molecule has 1 fully saturated rings. The van der Waals surface area contributed by atoms with Crippen molar-refractivity contribution in [2.45, 2.75) is 52.7 Å². The van der Waals surface area contributed by atoms with E-state index in [0.29, 0.717) is 16.1 Å². The lowest BCUT2D eigenvalue weighted by atomic mass is 9.72. The molecule has 4 atom stereocenters.